The van der Waals surface area contributed by atoms with Crippen LogP contribution in [-0.4, -0.2) is 23.5 Å². The Labute approximate surface area is 122 Å². The van der Waals surface area contributed by atoms with Gasteiger partial charge < -0.3 is 15.6 Å². The Bertz CT molecular complexity index is 708. The van der Waals surface area contributed by atoms with Gasteiger partial charge >= 0.3 is 0 Å². The van der Waals surface area contributed by atoms with E-state index in [0.29, 0.717) is 12.1 Å². The number of H-pyrrole nitrogens is 1. The molecule has 1 fully saturated rings. The Morgan fingerprint density at radius 1 is 1.19 bits per heavy atom. The molecule has 1 atom stereocenters. The summed E-state index contributed by atoms with van der Waals surface area (Å²) in [5, 5.41) is 7.09. The summed E-state index contributed by atoms with van der Waals surface area (Å²) in [7, 11) is 0. The molecule has 21 heavy (non-hydrogen) atoms. The van der Waals surface area contributed by atoms with Crippen LogP contribution in [0.5, 0.6) is 0 Å². The summed E-state index contributed by atoms with van der Waals surface area (Å²) >= 11 is 0. The highest BCUT2D eigenvalue weighted by Crippen LogP contribution is 2.11. The SMILES string of the molecule is O=C1NCCCC[C@H]1NCc1cc2ccccc2[nH]c1=O. The third kappa shape index (κ3) is 3.13. The molecule has 1 amide bonds. The molecule has 0 saturated carbocycles. The van der Waals surface area contributed by atoms with Crippen LogP contribution in [0.25, 0.3) is 10.9 Å². The largest absolute Gasteiger partial charge is 0.355 e. The van der Waals surface area contributed by atoms with E-state index in [9.17, 15) is 9.59 Å². The van der Waals surface area contributed by atoms with E-state index in [4.69, 9.17) is 0 Å². The van der Waals surface area contributed by atoms with Gasteiger partial charge in [-0.05, 0) is 36.8 Å². The first-order valence-corrected chi connectivity index (χ1v) is 7.36. The van der Waals surface area contributed by atoms with Crippen LogP contribution in [-0.2, 0) is 11.3 Å². The third-order valence-corrected chi connectivity index (χ3v) is 3.90. The van der Waals surface area contributed by atoms with Crippen LogP contribution in [0, 0.1) is 0 Å². The van der Waals surface area contributed by atoms with Gasteiger partial charge in [-0.2, -0.15) is 0 Å². The predicted octanol–water partition coefficient (Wildman–Crippen LogP) is 1.29. The number of benzene rings is 1. The van der Waals surface area contributed by atoms with Crippen LogP contribution in [0.15, 0.2) is 35.1 Å². The summed E-state index contributed by atoms with van der Waals surface area (Å²) < 4.78 is 0. The van der Waals surface area contributed by atoms with E-state index in [-0.39, 0.29) is 17.5 Å². The highest BCUT2D eigenvalue weighted by atomic mass is 16.2. The molecule has 3 N–H and O–H groups in total. The Hall–Kier alpha value is -2.14. The minimum atomic E-state index is -0.210. The van der Waals surface area contributed by atoms with E-state index in [1.54, 1.807) is 0 Å². The number of pyridine rings is 1. The Kier molecular flexibility index (Phi) is 4.01. The molecule has 0 spiro atoms. The van der Waals surface area contributed by atoms with Crippen molar-refractivity contribution in [2.24, 2.45) is 0 Å². The van der Waals surface area contributed by atoms with Gasteiger partial charge in [-0.25, -0.2) is 0 Å². The van der Waals surface area contributed by atoms with E-state index >= 15 is 0 Å². The topological polar surface area (TPSA) is 74.0 Å². The van der Waals surface area contributed by atoms with Crippen molar-refractivity contribution in [2.75, 3.05) is 6.54 Å². The second kappa shape index (κ2) is 6.10. The second-order valence-electron chi connectivity index (χ2n) is 5.43. The number of aromatic nitrogens is 1. The fraction of sp³-hybridized carbons (Fsp3) is 0.375. The number of aromatic amines is 1. The van der Waals surface area contributed by atoms with Gasteiger partial charge in [0.2, 0.25) is 5.91 Å². The van der Waals surface area contributed by atoms with Gasteiger partial charge in [0.1, 0.15) is 0 Å². The van der Waals surface area contributed by atoms with Crippen molar-refractivity contribution in [3.05, 3.63) is 46.2 Å². The zero-order chi connectivity index (χ0) is 14.7. The molecule has 1 aromatic carbocycles. The maximum atomic E-state index is 12.1. The lowest BCUT2D eigenvalue weighted by Gasteiger charge is -2.15. The summed E-state index contributed by atoms with van der Waals surface area (Å²) in [6.07, 6.45) is 2.85. The summed E-state index contributed by atoms with van der Waals surface area (Å²) in [6.45, 7) is 1.14. The lowest BCUT2D eigenvalue weighted by atomic mass is 10.1. The van der Waals surface area contributed by atoms with Crippen LogP contribution >= 0.6 is 0 Å². The molecule has 0 bridgehead atoms. The van der Waals surface area contributed by atoms with E-state index < -0.39 is 0 Å². The zero-order valence-corrected chi connectivity index (χ0v) is 11.8. The molecule has 1 aliphatic heterocycles. The molecule has 2 aromatic rings. The van der Waals surface area contributed by atoms with E-state index in [1.165, 1.54) is 0 Å². The monoisotopic (exact) mass is 285 g/mol. The fourth-order valence-electron chi connectivity index (χ4n) is 2.69. The molecule has 1 saturated heterocycles. The van der Waals surface area contributed by atoms with Crippen molar-refractivity contribution in [3.8, 4) is 0 Å². The van der Waals surface area contributed by atoms with E-state index in [2.05, 4.69) is 15.6 Å². The van der Waals surface area contributed by atoms with Crippen molar-refractivity contribution in [1.29, 1.82) is 0 Å². The number of rotatable bonds is 3. The highest BCUT2D eigenvalue weighted by molar-refractivity contribution is 5.82. The summed E-state index contributed by atoms with van der Waals surface area (Å²) in [6, 6.07) is 9.36. The number of nitrogens with one attached hydrogen (secondary N) is 3. The molecule has 2 heterocycles. The lowest BCUT2D eigenvalue weighted by Crippen LogP contribution is -2.43. The maximum Gasteiger partial charge on any atom is 0.252 e. The first kappa shape index (κ1) is 13.8. The van der Waals surface area contributed by atoms with Crippen molar-refractivity contribution in [1.82, 2.24) is 15.6 Å². The van der Waals surface area contributed by atoms with E-state index in [1.807, 2.05) is 30.3 Å². The van der Waals surface area contributed by atoms with Gasteiger partial charge in [0.15, 0.2) is 0 Å². The van der Waals surface area contributed by atoms with Crippen molar-refractivity contribution in [2.45, 2.75) is 31.8 Å². The highest BCUT2D eigenvalue weighted by Gasteiger charge is 2.20. The average molecular weight is 285 g/mol. The predicted molar refractivity (Wildman–Crippen MR) is 82.1 cm³/mol. The molecule has 0 aliphatic carbocycles. The number of carbonyl (C=O) groups is 1. The van der Waals surface area contributed by atoms with Gasteiger partial charge in [0.05, 0.1) is 6.04 Å². The number of fused-ring (bicyclic) bond motifs is 1. The van der Waals surface area contributed by atoms with Crippen molar-refractivity contribution >= 4 is 16.8 Å². The van der Waals surface area contributed by atoms with Crippen LogP contribution in [0.4, 0.5) is 0 Å². The average Bonchev–Trinajstić information content (AvgIpc) is 2.69. The van der Waals surface area contributed by atoms with Crippen LogP contribution in [0.2, 0.25) is 0 Å². The molecular formula is C16H19N3O2. The van der Waals surface area contributed by atoms with Gasteiger partial charge in [-0.15, -0.1) is 0 Å². The van der Waals surface area contributed by atoms with Crippen molar-refractivity contribution < 1.29 is 4.79 Å². The first-order chi connectivity index (χ1) is 10.2. The molecule has 1 aromatic heterocycles. The molecule has 110 valence electrons. The molecule has 5 nitrogen and oxygen atoms in total. The molecule has 0 unspecified atom stereocenters. The number of hydrogen-bond acceptors (Lipinski definition) is 3. The second-order valence-corrected chi connectivity index (χ2v) is 5.43. The number of hydrogen-bond donors (Lipinski definition) is 3. The summed E-state index contributed by atoms with van der Waals surface area (Å²) in [5.74, 6) is 0.0321. The molecule has 5 heteroatoms. The number of para-hydroxylation sites is 1. The molecule has 3 rings (SSSR count). The molecular weight excluding hydrogens is 266 g/mol. The first-order valence-electron chi connectivity index (χ1n) is 7.36. The fourth-order valence-corrected chi connectivity index (χ4v) is 2.69. The Morgan fingerprint density at radius 3 is 2.95 bits per heavy atom. The minimum absolute atomic E-state index is 0.0321. The number of carbonyl (C=O) groups excluding carboxylic acids is 1. The Balaban J connectivity index is 1.76. The summed E-state index contributed by atoms with van der Waals surface area (Å²) in [5.41, 5.74) is 1.39. The molecule has 0 radical (unpaired) electrons. The zero-order valence-electron chi connectivity index (χ0n) is 11.8. The van der Waals surface area contributed by atoms with Crippen molar-refractivity contribution in [3.63, 3.8) is 0 Å². The summed E-state index contributed by atoms with van der Waals surface area (Å²) in [4.78, 5) is 26.8. The van der Waals surface area contributed by atoms with Crippen LogP contribution in [0.3, 0.4) is 0 Å². The van der Waals surface area contributed by atoms with Gasteiger partial charge in [-0.1, -0.05) is 18.2 Å². The maximum absolute atomic E-state index is 12.1. The molecule has 1 aliphatic rings. The van der Waals surface area contributed by atoms with Crippen LogP contribution in [0.1, 0.15) is 24.8 Å². The van der Waals surface area contributed by atoms with Gasteiger partial charge in [0, 0.05) is 24.2 Å². The lowest BCUT2D eigenvalue weighted by molar-refractivity contribution is -0.122. The van der Waals surface area contributed by atoms with E-state index in [0.717, 1.165) is 36.7 Å². The van der Waals surface area contributed by atoms with Crippen LogP contribution < -0.4 is 16.2 Å². The smallest absolute Gasteiger partial charge is 0.252 e. The number of amides is 1. The third-order valence-electron chi connectivity index (χ3n) is 3.90. The Morgan fingerprint density at radius 2 is 2.05 bits per heavy atom. The minimum Gasteiger partial charge on any atom is -0.355 e. The van der Waals surface area contributed by atoms with Gasteiger partial charge in [0.25, 0.3) is 5.56 Å². The normalized spacial score (nSPS) is 19.2. The quantitative estimate of drug-likeness (QED) is 0.795. The standard InChI is InChI=1S/C16H19N3O2/c20-15-12(9-11-5-1-2-6-13(11)19-15)10-18-14-7-3-4-8-17-16(14)21/h1-2,5-6,9,14,18H,3-4,7-8,10H2,(H,17,21)(H,19,20)/t14-/m1/s1. The van der Waals surface area contributed by atoms with Gasteiger partial charge in [-0.3, -0.25) is 9.59 Å².